The van der Waals surface area contributed by atoms with E-state index in [9.17, 15) is 4.79 Å². The maximum absolute atomic E-state index is 12.1. The summed E-state index contributed by atoms with van der Waals surface area (Å²) in [6, 6.07) is 4.42. The lowest BCUT2D eigenvalue weighted by Crippen LogP contribution is -2.39. The van der Waals surface area contributed by atoms with Crippen molar-refractivity contribution in [2.24, 2.45) is 0 Å². The van der Waals surface area contributed by atoms with Gasteiger partial charge in [-0.2, -0.15) is 0 Å². The van der Waals surface area contributed by atoms with Gasteiger partial charge in [-0.05, 0) is 53.3 Å². The Morgan fingerprint density at radius 3 is 2.81 bits per heavy atom. The van der Waals surface area contributed by atoms with Crippen LogP contribution in [0.1, 0.15) is 45.9 Å². The largest absolute Gasteiger partial charge is 0.468 e. The van der Waals surface area contributed by atoms with Crippen LogP contribution in [0.4, 0.5) is 4.79 Å². The molecule has 0 N–H and O–H groups in total. The monoisotopic (exact) mass is 294 g/mol. The molecule has 0 radical (unpaired) electrons. The Morgan fingerprint density at radius 2 is 2.24 bits per heavy atom. The summed E-state index contributed by atoms with van der Waals surface area (Å²) < 4.78 is 10.9. The summed E-state index contributed by atoms with van der Waals surface area (Å²) >= 11 is 0. The maximum Gasteiger partial charge on any atom is 0.410 e. The van der Waals surface area contributed by atoms with Crippen molar-refractivity contribution in [1.82, 2.24) is 9.80 Å². The molecule has 1 aliphatic rings. The normalized spacial score (nSPS) is 20.9. The number of carbonyl (C=O) groups excluding carboxylic acids is 1. The van der Waals surface area contributed by atoms with Crippen molar-refractivity contribution >= 4 is 6.09 Å². The van der Waals surface area contributed by atoms with E-state index in [2.05, 4.69) is 18.9 Å². The molecule has 1 unspecified atom stereocenters. The summed E-state index contributed by atoms with van der Waals surface area (Å²) in [5.74, 6) is 0.952. The van der Waals surface area contributed by atoms with Gasteiger partial charge >= 0.3 is 6.09 Å². The summed E-state index contributed by atoms with van der Waals surface area (Å²) in [5, 5.41) is 0. The minimum Gasteiger partial charge on any atom is -0.468 e. The van der Waals surface area contributed by atoms with Crippen LogP contribution in [-0.2, 0) is 4.74 Å². The Morgan fingerprint density at radius 1 is 1.52 bits per heavy atom. The molecule has 2 rings (SSSR count). The second-order valence-electron chi connectivity index (χ2n) is 6.73. The molecule has 21 heavy (non-hydrogen) atoms. The highest BCUT2D eigenvalue weighted by Gasteiger charge is 2.33. The van der Waals surface area contributed by atoms with Crippen molar-refractivity contribution in [3.63, 3.8) is 0 Å². The minimum atomic E-state index is -0.442. The van der Waals surface area contributed by atoms with Crippen LogP contribution < -0.4 is 0 Å². The third-order valence-corrected chi connectivity index (χ3v) is 3.96. The molecule has 2 atom stereocenters. The molecule has 0 aliphatic carbocycles. The lowest BCUT2D eigenvalue weighted by atomic mass is 10.1. The molecule has 1 aliphatic heterocycles. The quantitative estimate of drug-likeness (QED) is 0.858. The Labute approximate surface area is 126 Å². The number of nitrogens with zero attached hydrogens (tertiary/aromatic N) is 2. The van der Waals surface area contributed by atoms with Gasteiger partial charge in [-0.15, -0.1) is 0 Å². The number of amides is 1. The van der Waals surface area contributed by atoms with E-state index in [4.69, 9.17) is 9.15 Å². The molecular weight excluding hydrogens is 268 g/mol. The fourth-order valence-electron chi connectivity index (χ4n) is 2.61. The van der Waals surface area contributed by atoms with Crippen molar-refractivity contribution < 1.29 is 13.9 Å². The first-order valence-corrected chi connectivity index (χ1v) is 7.51. The number of hydrogen-bond acceptors (Lipinski definition) is 4. The Balaban J connectivity index is 1.91. The summed E-state index contributed by atoms with van der Waals surface area (Å²) in [6.07, 6.45) is 2.44. The van der Waals surface area contributed by atoms with E-state index in [0.29, 0.717) is 12.6 Å². The molecule has 1 saturated heterocycles. The summed E-state index contributed by atoms with van der Waals surface area (Å²) in [4.78, 5) is 16.2. The molecule has 0 saturated carbocycles. The van der Waals surface area contributed by atoms with E-state index in [1.54, 1.807) is 11.2 Å². The standard InChI is InChI=1S/C16H26N2O3/c1-12(14-7-6-10-20-14)17(5)13-8-9-18(11-13)15(19)21-16(2,3)4/h6-7,10,12-13H,8-9,11H2,1-5H3/t12?,13-/m1/s1. The molecule has 0 aromatic carbocycles. The SMILES string of the molecule is CC(c1ccco1)N(C)[C@@H]1CCN(C(=O)OC(C)(C)C)C1. The fourth-order valence-corrected chi connectivity index (χ4v) is 2.61. The highest BCUT2D eigenvalue weighted by atomic mass is 16.6. The van der Waals surface area contributed by atoms with Gasteiger partial charge in [0, 0.05) is 19.1 Å². The lowest BCUT2D eigenvalue weighted by Gasteiger charge is -2.30. The van der Waals surface area contributed by atoms with Crippen molar-refractivity contribution in [1.29, 1.82) is 0 Å². The van der Waals surface area contributed by atoms with Gasteiger partial charge in [0.2, 0.25) is 0 Å². The van der Waals surface area contributed by atoms with Gasteiger partial charge in [0.25, 0.3) is 0 Å². The summed E-state index contributed by atoms with van der Waals surface area (Å²) in [5.41, 5.74) is -0.442. The Bertz CT molecular complexity index is 464. The van der Waals surface area contributed by atoms with E-state index in [0.717, 1.165) is 18.7 Å². The van der Waals surface area contributed by atoms with E-state index in [1.165, 1.54) is 0 Å². The number of likely N-dealkylation sites (N-methyl/N-ethyl adjacent to an activating group) is 1. The van der Waals surface area contributed by atoms with Crippen LogP contribution in [-0.4, -0.2) is 47.7 Å². The zero-order valence-electron chi connectivity index (χ0n) is 13.6. The van der Waals surface area contributed by atoms with Gasteiger partial charge in [-0.3, -0.25) is 4.90 Å². The van der Waals surface area contributed by atoms with Crippen molar-refractivity contribution in [2.45, 2.75) is 51.8 Å². The third kappa shape index (κ3) is 4.00. The van der Waals surface area contributed by atoms with Gasteiger partial charge in [0.15, 0.2) is 0 Å². The first-order chi connectivity index (χ1) is 9.78. The van der Waals surface area contributed by atoms with Gasteiger partial charge < -0.3 is 14.1 Å². The zero-order chi connectivity index (χ0) is 15.6. The van der Waals surface area contributed by atoms with Crippen molar-refractivity contribution in [3.8, 4) is 0 Å². The van der Waals surface area contributed by atoms with Crippen LogP contribution in [0.2, 0.25) is 0 Å². The van der Waals surface area contributed by atoms with Crippen LogP contribution >= 0.6 is 0 Å². The van der Waals surface area contributed by atoms with Gasteiger partial charge in [0.05, 0.1) is 12.3 Å². The van der Waals surface area contributed by atoms with Crippen LogP contribution in [0.15, 0.2) is 22.8 Å². The molecule has 5 heteroatoms. The number of furan rings is 1. The predicted octanol–water partition coefficient (Wildman–Crippen LogP) is 3.28. The van der Waals surface area contributed by atoms with E-state index in [-0.39, 0.29) is 12.1 Å². The number of likely N-dealkylation sites (tertiary alicyclic amines) is 1. The van der Waals surface area contributed by atoms with Crippen molar-refractivity contribution in [3.05, 3.63) is 24.2 Å². The highest BCUT2D eigenvalue weighted by molar-refractivity contribution is 5.68. The molecule has 118 valence electrons. The molecule has 5 nitrogen and oxygen atoms in total. The molecular formula is C16H26N2O3. The molecule has 1 fully saturated rings. The minimum absolute atomic E-state index is 0.198. The molecule has 1 aromatic heterocycles. The van der Waals surface area contributed by atoms with E-state index in [1.807, 2.05) is 32.9 Å². The molecule has 2 heterocycles. The number of carbonyl (C=O) groups is 1. The number of ether oxygens (including phenoxy) is 1. The van der Waals surface area contributed by atoms with Gasteiger partial charge in [-0.1, -0.05) is 0 Å². The van der Waals surface area contributed by atoms with Gasteiger partial charge in [-0.25, -0.2) is 4.79 Å². The smallest absolute Gasteiger partial charge is 0.410 e. The first kappa shape index (κ1) is 15.9. The summed E-state index contributed by atoms with van der Waals surface area (Å²) in [6.45, 7) is 9.25. The zero-order valence-corrected chi connectivity index (χ0v) is 13.6. The topological polar surface area (TPSA) is 45.9 Å². The van der Waals surface area contributed by atoms with Crippen LogP contribution in [0.5, 0.6) is 0 Å². The predicted molar refractivity (Wildman–Crippen MR) is 81.1 cm³/mol. The third-order valence-electron chi connectivity index (χ3n) is 3.96. The van der Waals surface area contributed by atoms with Crippen LogP contribution in [0.3, 0.4) is 0 Å². The average molecular weight is 294 g/mol. The maximum atomic E-state index is 12.1. The molecule has 0 spiro atoms. The Hall–Kier alpha value is -1.49. The summed E-state index contributed by atoms with van der Waals surface area (Å²) in [7, 11) is 2.08. The second kappa shape index (κ2) is 6.10. The van der Waals surface area contributed by atoms with Crippen molar-refractivity contribution in [2.75, 3.05) is 20.1 Å². The Kier molecular flexibility index (Phi) is 4.61. The molecule has 1 amide bonds. The lowest BCUT2D eigenvalue weighted by molar-refractivity contribution is 0.0277. The number of rotatable bonds is 3. The van der Waals surface area contributed by atoms with Crippen LogP contribution in [0.25, 0.3) is 0 Å². The van der Waals surface area contributed by atoms with Gasteiger partial charge in [0.1, 0.15) is 11.4 Å². The highest BCUT2D eigenvalue weighted by Crippen LogP contribution is 2.26. The first-order valence-electron chi connectivity index (χ1n) is 7.51. The fraction of sp³-hybridized carbons (Fsp3) is 0.688. The van der Waals surface area contributed by atoms with Crippen LogP contribution in [0, 0.1) is 0 Å². The van der Waals surface area contributed by atoms with E-state index < -0.39 is 5.60 Å². The average Bonchev–Trinajstić information content (AvgIpc) is 3.06. The van der Waals surface area contributed by atoms with E-state index >= 15 is 0 Å². The number of hydrogen-bond donors (Lipinski definition) is 0. The second-order valence-corrected chi connectivity index (χ2v) is 6.73. The molecule has 1 aromatic rings. The molecule has 0 bridgehead atoms.